The molecule has 0 spiro atoms. The smallest absolute Gasteiger partial charge is 0.274 e. The lowest BCUT2D eigenvalue weighted by Gasteiger charge is -2.26. The molecule has 1 saturated carbocycles. The molecule has 0 aromatic rings. The van der Waals surface area contributed by atoms with Crippen LogP contribution in [0.3, 0.4) is 0 Å². The van der Waals surface area contributed by atoms with E-state index in [4.69, 9.17) is 10.9 Å². The molecule has 0 amide bonds. The van der Waals surface area contributed by atoms with E-state index in [1.807, 2.05) is 0 Å². The van der Waals surface area contributed by atoms with Crippen LogP contribution < -0.4 is 15.6 Å². The van der Waals surface area contributed by atoms with Crippen molar-refractivity contribution in [2.75, 3.05) is 13.1 Å². The highest BCUT2D eigenvalue weighted by molar-refractivity contribution is 7.87. The fourth-order valence-electron chi connectivity index (χ4n) is 1.83. The van der Waals surface area contributed by atoms with E-state index in [0.717, 1.165) is 25.7 Å². The fraction of sp³-hybridized carbons (Fsp3) is 1.00. The van der Waals surface area contributed by atoms with Crippen LogP contribution in [0.15, 0.2) is 0 Å². The Morgan fingerprint density at radius 1 is 1.31 bits per heavy atom. The zero-order chi connectivity index (χ0) is 9.95. The quantitative estimate of drug-likeness (QED) is 0.568. The Hall–Kier alpha value is -0.170. The highest BCUT2D eigenvalue weighted by Crippen LogP contribution is 2.36. The second-order valence-corrected chi connectivity index (χ2v) is 5.16. The van der Waals surface area contributed by atoms with Crippen LogP contribution in [0.5, 0.6) is 0 Å². The fourth-order valence-corrected chi connectivity index (χ4v) is 2.34. The van der Waals surface area contributed by atoms with Gasteiger partial charge in [0.05, 0.1) is 0 Å². The highest BCUT2D eigenvalue weighted by atomic mass is 32.2. The third-order valence-electron chi connectivity index (χ3n) is 2.75. The van der Waals surface area contributed by atoms with Gasteiger partial charge in [-0.3, -0.25) is 0 Å². The molecular weight excluding hydrogens is 190 g/mol. The molecule has 1 rings (SSSR count). The van der Waals surface area contributed by atoms with Gasteiger partial charge in [0, 0.05) is 6.54 Å². The normalized spacial score (nSPS) is 22.0. The lowest BCUT2D eigenvalue weighted by Crippen LogP contribution is -2.43. The Labute approximate surface area is 79.0 Å². The lowest BCUT2D eigenvalue weighted by molar-refractivity contribution is 0.309. The number of nitrogens with two attached hydrogens (primary N) is 2. The molecule has 13 heavy (non-hydrogen) atoms. The second-order valence-electron chi connectivity index (χ2n) is 3.78. The van der Waals surface area contributed by atoms with Crippen molar-refractivity contribution in [2.45, 2.75) is 25.7 Å². The van der Waals surface area contributed by atoms with Crippen molar-refractivity contribution in [3.63, 3.8) is 0 Å². The van der Waals surface area contributed by atoms with E-state index in [1.54, 1.807) is 0 Å². The molecule has 1 aliphatic carbocycles. The summed E-state index contributed by atoms with van der Waals surface area (Å²) in [5, 5.41) is 4.85. The van der Waals surface area contributed by atoms with E-state index >= 15 is 0 Å². The van der Waals surface area contributed by atoms with Gasteiger partial charge in [-0.1, -0.05) is 12.8 Å². The Balaban J connectivity index is 2.50. The van der Waals surface area contributed by atoms with Gasteiger partial charge in [-0.15, -0.1) is 0 Å². The maximum Gasteiger partial charge on any atom is 0.274 e. The summed E-state index contributed by atoms with van der Waals surface area (Å²) >= 11 is 0. The standard InChI is InChI=1S/C7H17N3O2S/c8-5-7(3-1-2-4-7)6-10-13(9,11)12/h10H,1-6,8H2,(H2,9,11,12). The number of nitrogens with one attached hydrogen (secondary N) is 1. The molecule has 6 heteroatoms. The second kappa shape index (κ2) is 3.91. The molecule has 1 aliphatic rings. The summed E-state index contributed by atoms with van der Waals surface area (Å²) in [4.78, 5) is 0. The van der Waals surface area contributed by atoms with Gasteiger partial charge in [-0.05, 0) is 24.8 Å². The average molecular weight is 207 g/mol. The van der Waals surface area contributed by atoms with Gasteiger partial charge < -0.3 is 5.73 Å². The van der Waals surface area contributed by atoms with Gasteiger partial charge >= 0.3 is 0 Å². The van der Waals surface area contributed by atoms with Crippen molar-refractivity contribution in [1.82, 2.24) is 4.72 Å². The molecule has 0 aromatic heterocycles. The minimum atomic E-state index is -3.57. The highest BCUT2D eigenvalue weighted by Gasteiger charge is 2.32. The van der Waals surface area contributed by atoms with Crippen LogP contribution in [0.4, 0.5) is 0 Å². The number of rotatable bonds is 4. The molecular formula is C7H17N3O2S. The van der Waals surface area contributed by atoms with E-state index < -0.39 is 10.2 Å². The molecule has 5 N–H and O–H groups in total. The number of hydrogen-bond donors (Lipinski definition) is 3. The molecule has 0 aliphatic heterocycles. The van der Waals surface area contributed by atoms with E-state index in [1.165, 1.54) is 0 Å². The SMILES string of the molecule is NCC1(CNS(N)(=O)=O)CCCC1. The molecule has 0 atom stereocenters. The largest absolute Gasteiger partial charge is 0.330 e. The van der Waals surface area contributed by atoms with E-state index in [-0.39, 0.29) is 5.41 Å². The van der Waals surface area contributed by atoms with Crippen molar-refractivity contribution in [1.29, 1.82) is 0 Å². The lowest BCUT2D eigenvalue weighted by atomic mass is 9.87. The van der Waals surface area contributed by atoms with Crippen molar-refractivity contribution in [2.24, 2.45) is 16.3 Å². The van der Waals surface area contributed by atoms with Crippen LogP contribution in [0, 0.1) is 5.41 Å². The van der Waals surface area contributed by atoms with Crippen LogP contribution >= 0.6 is 0 Å². The molecule has 0 bridgehead atoms. The van der Waals surface area contributed by atoms with Crippen LogP contribution in [-0.4, -0.2) is 21.5 Å². The van der Waals surface area contributed by atoms with Crippen LogP contribution in [0.1, 0.15) is 25.7 Å². The molecule has 0 radical (unpaired) electrons. The predicted molar refractivity (Wildman–Crippen MR) is 51.1 cm³/mol. The van der Waals surface area contributed by atoms with Gasteiger partial charge in [-0.2, -0.15) is 8.42 Å². The summed E-state index contributed by atoms with van der Waals surface area (Å²) in [5.41, 5.74) is 5.57. The third-order valence-corrected chi connectivity index (χ3v) is 3.29. The van der Waals surface area contributed by atoms with Crippen LogP contribution in [-0.2, 0) is 10.2 Å². The zero-order valence-corrected chi connectivity index (χ0v) is 8.44. The van der Waals surface area contributed by atoms with Gasteiger partial charge in [0.2, 0.25) is 0 Å². The van der Waals surface area contributed by atoms with Gasteiger partial charge in [0.1, 0.15) is 0 Å². The van der Waals surface area contributed by atoms with Crippen molar-refractivity contribution >= 4 is 10.2 Å². The average Bonchev–Trinajstić information content (AvgIpc) is 2.49. The predicted octanol–water partition coefficient (Wildman–Crippen LogP) is -0.701. The Bertz CT molecular complexity index is 257. The minimum Gasteiger partial charge on any atom is -0.330 e. The molecule has 0 heterocycles. The molecule has 0 unspecified atom stereocenters. The van der Waals surface area contributed by atoms with Gasteiger partial charge in [0.25, 0.3) is 10.2 Å². The number of hydrogen-bond acceptors (Lipinski definition) is 3. The molecule has 0 aromatic carbocycles. The first-order valence-corrected chi connectivity index (χ1v) is 6.00. The summed E-state index contributed by atoms with van der Waals surface area (Å²) in [7, 11) is -3.57. The molecule has 78 valence electrons. The first kappa shape index (κ1) is 10.9. The monoisotopic (exact) mass is 207 g/mol. The maximum absolute atomic E-state index is 10.7. The van der Waals surface area contributed by atoms with Crippen molar-refractivity contribution < 1.29 is 8.42 Å². The van der Waals surface area contributed by atoms with Crippen molar-refractivity contribution in [3.8, 4) is 0 Å². The maximum atomic E-state index is 10.7. The van der Waals surface area contributed by atoms with Crippen molar-refractivity contribution in [3.05, 3.63) is 0 Å². The Morgan fingerprint density at radius 3 is 2.23 bits per heavy atom. The Morgan fingerprint density at radius 2 is 1.85 bits per heavy atom. The topological polar surface area (TPSA) is 98.2 Å². The van der Waals surface area contributed by atoms with Crippen LogP contribution in [0.25, 0.3) is 0 Å². The Kier molecular flexibility index (Phi) is 3.28. The molecule has 0 saturated heterocycles. The van der Waals surface area contributed by atoms with Crippen LogP contribution in [0.2, 0.25) is 0 Å². The van der Waals surface area contributed by atoms with E-state index in [2.05, 4.69) is 4.72 Å². The summed E-state index contributed by atoms with van der Waals surface area (Å²) < 4.78 is 23.7. The molecule has 5 nitrogen and oxygen atoms in total. The van der Waals surface area contributed by atoms with E-state index in [0.29, 0.717) is 13.1 Å². The summed E-state index contributed by atoms with van der Waals surface area (Å²) in [6, 6.07) is 0. The first-order valence-electron chi connectivity index (χ1n) is 4.45. The summed E-state index contributed by atoms with van der Waals surface area (Å²) in [5.74, 6) is 0. The van der Waals surface area contributed by atoms with E-state index in [9.17, 15) is 8.42 Å². The third kappa shape index (κ3) is 3.22. The minimum absolute atomic E-state index is 0.0492. The summed E-state index contributed by atoms with van der Waals surface area (Å²) in [6.07, 6.45) is 4.24. The van der Waals surface area contributed by atoms with Gasteiger partial charge in [-0.25, -0.2) is 9.86 Å². The zero-order valence-electron chi connectivity index (χ0n) is 7.62. The molecule has 1 fully saturated rings. The van der Waals surface area contributed by atoms with Gasteiger partial charge in [0.15, 0.2) is 0 Å². The summed E-state index contributed by atoms with van der Waals surface area (Å²) in [6.45, 7) is 0.901. The first-order chi connectivity index (χ1) is 5.97.